The maximum Gasteiger partial charge on any atom is 0.0647 e. The lowest BCUT2D eigenvalue weighted by molar-refractivity contribution is 0.158. The first-order chi connectivity index (χ1) is 6.93. The molecule has 1 aliphatic rings. The summed E-state index contributed by atoms with van der Waals surface area (Å²) in [5.41, 5.74) is 0. The van der Waals surface area contributed by atoms with E-state index >= 15 is 0 Å². The molecule has 0 saturated carbocycles. The van der Waals surface area contributed by atoms with Crippen LogP contribution in [0.2, 0.25) is 0 Å². The maximum absolute atomic E-state index is 5.45. The van der Waals surface area contributed by atoms with E-state index in [1.165, 1.54) is 32.1 Å². The van der Waals surface area contributed by atoms with Gasteiger partial charge < -0.3 is 4.74 Å². The highest BCUT2D eigenvalue weighted by molar-refractivity contribution is 5.03. The third kappa shape index (κ3) is 5.23. The van der Waals surface area contributed by atoms with E-state index in [4.69, 9.17) is 4.74 Å². The van der Waals surface area contributed by atoms with Gasteiger partial charge in [0.15, 0.2) is 0 Å². The van der Waals surface area contributed by atoms with Crippen molar-refractivity contribution >= 4 is 0 Å². The molecule has 0 spiro atoms. The zero-order valence-electron chi connectivity index (χ0n) is 9.24. The Balaban J connectivity index is 2.02. The zero-order valence-corrected chi connectivity index (χ0v) is 9.24. The van der Waals surface area contributed by atoms with Crippen molar-refractivity contribution in [1.29, 1.82) is 0 Å². The van der Waals surface area contributed by atoms with Crippen LogP contribution < -0.4 is 0 Å². The van der Waals surface area contributed by atoms with Crippen molar-refractivity contribution in [2.75, 3.05) is 13.2 Å². The normalized spacial score (nSPS) is 21.9. The number of unbranched alkanes of at least 4 members (excludes halogenated alkanes) is 1. The highest BCUT2D eigenvalue weighted by atomic mass is 16.5. The van der Waals surface area contributed by atoms with Gasteiger partial charge in [-0.25, -0.2) is 0 Å². The minimum absolute atomic E-state index is 0.665. The van der Waals surface area contributed by atoms with Crippen LogP contribution in [0.25, 0.3) is 0 Å². The summed E-state index contributed by atoms with van der Waals surface area (Å²) >= 11 is 0. The van der Waals surface area contributed by atoms with E-state index in [0.717, 1.165) is 13.2 Å². The third-order valence-corrected chi connectivity index (χ3v) is 2.53. The largest absolute Gasteiger partial charge is 0.377 e. The molecule has 0 fully saturated rings. The number of hydrogen-bond donors (Lipinski definition) is 0. The van der Waals surface area contributed by atoms with Crippen molar-refractivity contribution < 1.29 is 4.74 Å². The van der Waals surface area contributed by atoms with E-state index in [9.17, 15) is 0 Å². The summed E-state index contributed by atoms with van der Waals surface area (Å²) in [5.74, 6) is 0.665. The van der Waals surface area contributed by atoms with Gasteiger partial charge in [-0.2, -0.15) is 0 Å². The van der Waals surface area contributed by atoms with E-state index < -0.39 is 0 Å². The van der Waals surface area contributed by atoms with Gasteiger partial charge in [0.25, 0.3) is 0 Å². The minimum atomic E-state index is 0.665. The highest BCUT2D eigenvalue weighted by Crippen LogP contribution is 2.17. The molecule has 0 heterocycles. The second kappa shape index (κ2) is 7.81. The Labute approximate surface area is 87.8 Å². The topological polar surface area (TPSA) is 9.23 Å². The number of hydrogen-bond acceptors (Lipinski definition) is 1. The molecule has 0 aromatic rings. The molecular weight excluding hydrogens is 172 g/mol. The summed E-state index contributed by atoms with van der Waals surface area (Å²) < 4.78 is 5.45. The molecule has 14 heavy (non-hydrogen) atoms. The molecule has 1 nitrogen and oxygen atoms in total. The van der Waals surface area contributed by atoms with Crippen molar-refractivity contribution in [3.63, 3.8) is 0 Å². The molecule has 0 radical (unpaired) electrons. The fourth-order valence-electron chi connectivity index (χ4n) is 1.63. The van der Waals surface area contributed by atoms with Gasteiger partial charge in [0.1, 0.15) is 0 Å². The SMILES string of the molecule is CCCCOC/C=C/C1C=CCCC1. The van der Waals surface area contributed by atoms with Gasteiger partial charge in [-0.1, -0.05) is 37.6 Å². The predicted molar refractivity (Wildman–Crippen MR) is 61.3 cm³/mol. The summed E-state index contributed by atoms with van der Waals surface area (Å²) in [6.07, 6.45) is 15.3. The van der Waals surface area contributed by atoms with Crippen LogP contribution in [0.5, 0.6) is 0 Å². The summed E-state index contributed by atoms with van der Waals surface area (Å²) in [4.78, 5) is 0. The first kappa shape index (κ1) is 11.5. The van der Waals surface area contributed by atoms with E-state index in [1.807, 2.05) is 0 Å². The van der Waals surface area contributed by atoms with Crippen LogP contribution in [0.4, 0.5) is 0 Å². The van der Waals surface area contributed by atoms with Crippen LogP contribution in [0.15, 0.2) is 24.3 Å². The van der Waals surface area contributed by atoms with E-state index in [2.05, 4.69) is 31.2 Å². The van der Waals surface area contributed by atoms with Gasteiger partial charge >= 0.3 is 0 Å². The van der Waals surface area contributed by atoms with Crippen molar-refractivity contribution in [2.24, 2.45) is 5.92 Å². The van der Waals surface area contributed by atoms with Crippen molar-refractivity contribution in [2.45, 2.75) is 39.0 Å². The molecule has 1 aliphatic carbocycles. The Morgan fingerprint density at radius 1 is 1.50 bits per heavy atom. The molecule has 0 bridgehead atoms. The fourth-order valence-corrected chi connectivity index (χ4v) is 1.63. The highest BCUT2D eigenvalue weighted by Gasteiger charge is 2.02. The van der Waals surface area contributed by atoms with Gasteiger partial charge in [0, 0.05) is 6.61 Å². The van der Waals surface area contributed by atoms with Gasteiger partial charge in [-0.15, -0.1) is 0 Å². The second-order valence-corrected chi connectivity index (χ2v) is 3.88. The predicted octanol–water partition coefficient (Wildman–Crippen LogP) is 3.72. The molecular formula is C13H22O. The molecule has 0 aromatic heterocycles. The minimum Gasteiger partial charge on any atom is -0.377 e. The van der Waals surface area contributed by atoms with Crippen LogP contribution in [0, 0.1) is 5.92 Å². The standard InChI is InChI=1S/C13H22O/c1-2-3-11-14-12-7-10-13-8-5-4-6-9-13/h5,7-8,10,13H,2-4,6,9,11-12H2,1H3/b10-7+. The molecule has 1 atom stereocenters. The Morgan fingerprint density at radius 3 is 3.14 bits per heavy atom. The molecule has 0 saturated heterocycles. The Hall–Kier alpha value is -0.560. The lowest BCUT2D eigenvalue weighted by atomic mass is 9.96. The van der Waals surface area contributed by atoms with Crippen LogP contribution in [-0.2, 0) is 4.74 Å². The number of allylic oxidation sites excluding steroid dienone is 3. The fraction of sp³-hybridized carbons (Fsp3) is 0.692. The first-order valence-electron chi connectivity index (χ1n) is 5.84. The van der Waals surface area contributed by atoms with Crippen LogP contribution in [0.1, 0.15) is 39.0 Å². The zero-order chi connectivity index (χ0) is 10.1. The van der Waals surface area contributed by atoms with E-state index in [-0.39, 0.29) is 0 Å². The van der Waals surface area contributed by atoms with E-state index in [1.54, 1.807) is 0 Å². The molecule has 80 valence electrons. The van der Waals surface area contributed by atoms with Gasteiger partial charge in [-0.3, -0.25) is 0 Å². The van der Waals surface area contributed by atoms with Crippen LogP contribution >= 0.6 is 0 Å². The monoisotopic (exact) mass is 194 g/mol. The van der Waals surface area contributed by atoms with E-state index in [0.29, 0.717) is 5.92 Å². The summed E-state index contributed by atoms with van der Waals surface area (Å²) in [6.45, 7) is 3.87. The Kier molecular flexibility index (Phi) is 6.42. The summed E-state index contributed by atoms with van der Waals surface area (Å²) in [5, 5.41) is 0. The second-order valence-electron chi connectivity index (χ2n) is 3.88. The number of rotatable bonds is 6. The third-order valence-electron chi connectivity index (χ3n) is 2.53. The smallest absolute Gasteiger partial charge is 0.0647 e. The van der Waals surface area contributed by atoms with Gasteiger partial charge in [0.2, 0.25) is 0 Å². The lowest BCUT2D eigenvalue weighted by Gasteiger charge is -2.11. The van der Waals surface area contributed by atoms with Crippen molar-refractivity contribution in [1.82, 2.24) is 0 Å². The van der Waals surface area contributed by atoms with Crippen LogP contribution in [-0.4, -0.2) is 13.2 Å². The summed E-state index contributed by atoms with van der Waals surface area (Å²) in [7, 11) is 0. The molecule has 1 rings (SSSR count). The quantitative estimate of drug-likeness (QED) is 0.462. The molecule has 0 aliphatic heterocycles. The number of ether oxygens (including phenoxy) is 1. The van der Waals surface area contributed by atoms with Gasteiger partial charge in [0.05, 0.1) is 6.61 Å². The average Bonchev–Trinajstić information content (AvgIpc) is 2.25. The molecule has 0 N–H and O–H groups in total. The van der Waals surface area contributed by atoms with Gasteiger partial charge in [-0.05, 0) is 31.6 Å². The summed E-state index contributed by atoms with van der Waals surface area (Å²) in [6, 6.07) is 0. The Bertz CT molecular complexity index is 182. The lowest BCUT2D eigenvalue weighted by Crippen LogP contribution is -1.98. The Morgan fingerprint density at radius 2 is 2.43 bits per heavy atom. The van der Waals surface area contributed by atoms with Crippen LogP contribution in [0.3, 0.4) is 0 Å². The maximum atomic E-state index is 5.45. The van der Waals surface area contributed by atoms with Crippen molar-refractivity contribution in [3.8, 4) is 0 Å². The molecule has 0 aromatic carbocycles. The molecule has 1 unspecified atom stereocenters. The first-order valence-corrected chi connectivity index (χ1v) is 5.84. The molecule has 0 amide bonds. The average molecular weight is 194 g/mol. The molecule has 1 heteroatoms. The van der Waals surface area contributed by atoms with Crippen molar-refractivity contribution in [3.05, 3.63) is 24.3 Å².